The van der Waals surface area contributed by atoms with E-state index >= 15 is 0 Å². The molecule has 0 aliphatic carbocycles. The fraction of sp³-hybridized carbons (Fsp3) is 0.400. The molecule has 2 nitrogen and oxygen atoms in total. The van der Waals surface area contributed by atoms with Crippen LogP contribution in [0, 0.1) is 0 Å². The lowest BCUT2D eigenvalue weighted by Gasteiger charge is -2.16. The summed E-state index contributed by atoms with van der Waals surface area (Å²) in [6.07, 6.45) is 6.42. The van der Waals surface area contributed by atoms with Gasteiger partial charge in [0, 0.05) is 17.3 Å². The fourth-order valence-corrected chi connectivity index (χ4v) is 2.90. The fourth-order valence-electron chi connectivity index (χ4n) is 2.90. The van der Waals surface area contributed by atoms with E-state index in [0.717, 1.165) is 16.9 Å². The second-order valence-electron chi connectivity index (χ2n) is 6.16. The van der Waals surface area contributed by atoms with Crippen molar-refractivity contribution in [2.45, 2.75) is 51.9 Å². The molecule has 0 saturated carbocycles. The minimum absolute atomic E-state index is 0.287. The van der Waals surface area contributed by atoms with Gasteiger partial charge in [0.05, 0.1) is 0 Å². The van der Waals surface area contributed by atoms with Crippen LogP contribution in [0.25, 0.3) is 0 Å². The summed E-state index contributed by atoms with van der Waals surface area (Å²) in [6, 6.07) is 14.8. The molecule has 1 atom stereocenters. The predicted octanol–water partition coefficient (Wildman–Crippen LogP) is 5.13. The van der Waals surface area contributed by atoms with Gasteiger partial charge in [0.1, 0.15) is 0 Å². The van der Waals surface area contributed by atoms with Crippen molar-refractivity contribution in [1.82, 2.24) is 0 Å². The van der Waals surface area contributed by atoms with Gasteiger partial charge in [0.15, 0.2) is 0 Å². The maximum absolute atomic E-state index is 6.10. The van der Waals surface area contributed by atoms with Crippen molar-refractivity contribution in [3.05, 3.63) is 59.2 Å². The highest BCUT2D eigenvalue weighted by Crippen LogP contribution is 2.30. The van der Waals surface area contributed by atoms with Crippen LogP contribution in [0.1, 0.15) is 62.1 Å². The first kappa shape index (κ1) is 16.4. The molecule has 2 aromatic rings. The summed E-state index contributed by atoms with van der Waals surface area (Å²) in [4.78, 5) is 0. The number of nitrogens with two attached hydrogens (primary N) is 2. The lowest BCUT2D eigenvalue weighted by atomic mass is 9.91. The summed E-state index contributed by atoms with van der Waals surface area (Å²) in [7, 11) is 0. The highest BCUT2D eigenvalue weighted by molar-refractivity contribution is 5.59. The number of benzene rings is 2. The third kappa shape index (κ3) is 4.27. The van der Waals surface area contributed by atoms with Crippen LogP contribution in [0.5, 0.6) is 0 Å². The van der Waals surface area contributed by atoms with Gasteiger partial charge in [-0.2, -0.15) is 0 Å². The normalized spacial score (nSPS) is 12.3. The third-order valence-corrected chi connectivity index (χ3v) is 4.38. The van der Waals surface area contributed by atoms with Gasteiger partial charge in [-0.25, -0.2) is 0 Å². The maximum atomic E-state index is 6.10. The summed E-state index contributed by atoms with van der Waals surface area (Å²) in [5.74, 6) is 0.287. The summed E-state index contributed by atoms with van der Waals surface area (Å²) >= 11 is 0. The summed E-state index contributed by atoms with van der Waals surface area (Å²) in [5, 5.41) is 0. The zero-order valence-electron chi connectivity index (χ0n) is 13.8. The average molecular weight is 296 g/mol. The third-order valence-electron chi connectivity index (χ3n) is 4.38. The maximum Gasteiger partial charge on any atom is 0.0373 e. The SMILES string of the molecule is CCCCCCc1ccc(C(C)c2ccc(N)cc2N)cc1. The first-order valence-corrected chi connectivity index (χ1v) is 8.35. The number of hydrogen-bond acceptors (Lipinski definition) is 2. The van der Waals surface area contributed by atoms with E-state index in [1.807, 2.05) is 18.2 Å². The van der Waals surface area contributed by atoms with E-state index in [0.29, 0.717) is 0 Å². The van der Waals surface area contributed by atoms with Gasteiger partial charge in [-0.15, -0.1) is 0 Å². The number of rotatable bonds is 7. The van der Waals surface area contributed by atoms with Crippen LogP contribution in [0.2, 0.25) is 0 Å². The van der Waals surface area contributed by atoms with E-state index in [1.165, 1.54) is 43.2 Å². The van der Waals surface area contributed by atoms with Gasteiger partial charge >= 0.3 is 0 Å². The second kappa shape index (κ2) is 7.88. The van der Waals surface area contributed by atoms with Crippen LogP contribution >= 0.6 is 0 Å². The Morgan fingerprint density at radius 3 is 2.27 bits per heavy atom. The van der Waals surface area contributed by atoms with Crippen molar-refractivity contribution < 1.29 is 0 Å². The van der Waals surface area contributed by atoms with E-state index in [9.17, 15) is 0 Å². The number of aryl methyl sites for hydroxylation is 1. The molecular weight excluding hydrogens is 268 g/mol. The van der Waals surface area contributed by atoms with Crippen molar-refractivity contribution in [3.8, 4) is 0 Å². The van der Waals surface area contributed by atoms with E-state index in [4.69, 9.17) is 11.5 Å². The van der Waals surface area contributed by atoms with Gasteiger partial charge in [-0.3, -0.25) is 0 Å². The summed E-state index contributed by atoms with van der Waals surface area (Å²) in [6.45, 7) is 4.44. The summed E-state index contributed by atoms with van der Waals surface area (Å²) < 4.78 is 0. The van der Waals surface area contributed by atoms with E-state index in [2.05, 4.69) is 38.1 Å². The largest absolute Gasteiger partial charge is 0.399 e. The Hall–Kier alpha value is -1.96. The van der Waals surface area contributed by atoms with Gasteiger partial charge < -0.3 is 11.5 Å². The van der Waals surface area contributed by atoms with Crippen molar-refractivity contribution >= 4 is 11.4 Å². The summed E-state index contributed by atoms with van der Waals surface area (Å²) in [5.41, 5.74) is 17.2. The number of anilines is 2. The van der Waals surface area contributed by atoms with Gasteiger partial charge in [-0.05, 0) is 41.7 Å². The molecule has 0 aliphatic heterocycles. The van der Waals surface area contributed by atoms with E-state index < -0.39 is 0 Å². The number of nitrogen functional groups attached to an aromatic ring is 2. The highest BCUT2D eigenvalue weighted by atomic mass is 14.6. The minimum atomic E-state index is 0.287. The molecule has 2 rings (SSSR count). The number of hydrogen-bond donors (Lipinski definition) is 2. The smallest absolute Gasteiger partial charge is 0.0373 e. The molecule has 0 saturated heterocycles. The minimum Gasteiger partial charge on any atom is -0.399 e. The van der Waals surface area contributed by atoms with Crippen LogP contribution in [0.3, 0.4) is 0 Å². The molecule has 22 heavy (non-hydrogen) atoms. The van der Waals surface area contributed by atoms with E-state index in [-0.39, 0.29) is 5.92 Å². The molecule has 0 amide bonds. The molecular formula is C20H28N2. The van der Waals surface area contributed by atoms with Gasteiger partial charge in [-0.1, -0.05) is 63.4 Å². The first-order valence-electron chi connectivity index (χ1n) is 8.35. The Kier molecular flexibility index (Phi) is 5.88. The zero-order chi connectivity index (χ0) is 15.9. The molecule has 118 valence electrons. The lowest BCUT2D eigenvalue weighted by molar-refractivity contribution is 0.666. The quantitative estimate of drug-likeness (QED) is 0.550. The Balaban J connectivity index is 2.03. The molecule has 0 bridgehead atoms. The predicted molar refractivity (Wildman–Crippen MR) is 97.1 cm³/mol. The molecule has 0 aromatic heterocycles. The van der Waals surface area contributed by atoms with Crippen molar-refractivity contribution in [3.63, 3.8) is 0 Å². The monoisotopic (exact) mass is 296 g/mol. The van der Waals surface area contributed by atoms with Gasteiger partial charge in [0.2, 0.25) is 0 Å². The average Bonchev–Trinajstić information content (AvgIpc) is 2.52. The van der Waals surface area contributed by atoms with Crippen LogP contribution < -0.4 is 11.5 Å². The zero-order valence-corrected chi connectivity index (χ0v) is 13.8. The molecule has 2 aromatic carbocycles. The second-order valence-corrected chi connectivity index (χ2v) is 6.16. The van der Waals surface area contributed by atoms with Crippen LogP contribution in [0.15, 0.2) is 42.5 Å². The molecule has 0 spiro atoms. The Labute approximate surface area is 134 Å². The molecule has 2 heteroatoms. The topological polar surface area (TPSA) is 52.0 Å². The molecule has 1 unspecified atom stereocenters. The first-order chi connectivity index (χ1) is 10.6. The van der Waals surface area contributed by atoms with Gasteiger partial charge in [0.25, 0.3) is 0 Å². The van der Waals surface area contributed by atoms with Crippen molar-refractivity contribution in [1.29, 1.82) is 0 Å². The molecule has 0 aliphatic rings. The van der Waals surface area contributed by atoms with Crippen LogP contribution in [-0.2, 0) is 6.42 Å². The van der Waals surface area contributed by atoms with Crippen molar-refractivity contribution in [2.75, 3.05) is 11.5 Å². The highest BCUT2D eigenvalue weighted by Gasteiger charge is 2.11. The molecule has 4 N–H and O–H groups in total. The van der Waals surface area contributed by atoms with E-state index in [1.54, 1.807) is 0 Å². The van der Waals surface area contributed by atoms with Crippen LogP contribution in [-0.4, -0.2) is 0 Å². The molecule has 0 radical (unpaired) electrons. The molecule has 0 fully saturated rings. The standard InChI is InChI=1S/C20H28N2/c1-3-4-5-6-7-16-8-10-17(11-9-16)15(2)19-13-12-18(21)14-20(19)22/h8-15H,3-7,21-22H2,1-2H3. The Morgan fingerprint density at radius 1 is 0.909 bits per heavy atom. The molecule has 0 heterocycles. The Bertz CT molecular complexity index is 587. The van der Waals surface area contributed by atoms with Crippen molar-refractivity contribution in [2.24, 2.45) is 0 Å². The Morgan fingerprint density at radius 2 is 1.64 bits per heavy atom. The number of unbranched alkanes of at least 4 members (excludes halogenated alkanes) is 3. The van der Waals surface area contributed by atoms with Crippen LogP contribution in [0.4, 0.5) is 11.4 Å². The lowest BCUT2D eigenvalue weighted by Crippen LogP contribution is -2.02.